The standard InChI is InChI=1S/C22H20INO/c1-16-13-20(23)21(14-17(16)2)24(15-18-9-5-3-6-10-18)22(25)19-11-7-4-8-12-19/h3-14H,15H2,1-2H3. The van der Waals surface area contributed by atoms with Gasteiger partial charge in [0.15, 0.2) is 0 Å². The van der Waals surface area contributed by atoms with E-state index in [1.165, 1.54) is 11.1 Å². The third kappa shape index (κ3) is 4.10. The quantitative estimate of drug-likeness (QED) is 0.472. The molecule has 2 nitrogen and oxygen atoms in total. The Kier molecular flexibility index (Phi) is 5.53. The van der Waals surface area contributed by atoms with Gasteiger partial charge in [0.25, 0.3) is 5.91 Å². The van der Waals surface area contributed by atoms with E-state index in [-0.39, 0.29) is 5.91 Å². The second kappa shape index (κ2) is 7.83. The van der Waals surface area contributed by atoms with Gasteiger partial charge in [0.2, 0.25) is 0 Å². The highest BCUT2D eigenvalue weighted by Gasteiger charge is 2.20. The summed E-state index contributed by atoms with van der Waals surface area (Å²) in [5.41, 5.74) is 5.20. The summed E-state index contributed by atoms with van der Waals surface area (Å²) in [7, 11) is 0. The van der Waals surface area contributed by atoms with Gasteiger partial charge in [-0.25, -0.2) is 0 Å². The molecule has 0 saturated carbocycles. The van der Waals surface area contributed by atoms with Crippen molar-refractivity contribution in [3.05, 3.63) is 98.6 Å². The fraction of sp³-hybridized carbons (Fsp3) is 0.136. The number of hydrogen-bond donors (Lipinski definition) is 0. The molecular formula is C22H20INO. The number of amides is 1. The Morgan fingerprint density at radius 2 is 1.44 bits per heavy atom. The largest absolute Gasteiger partial charge is 0.303 e. The first-order chi connectivity index (χ1) is 12.1. The summed E-state index contributed by atoms with van der Waals surface area (Å²) >= 11 is 2.32. The lowest BCUT2D eigenvalue weighted by Gasteiger charge is -2.25. The zero-order valence-electron chi connectivity index (χ0n) is 14.4. The van der Waals surface area contributed by atoms with Crippen LogP contribution in [0.2, 0.25) is 0 Å². The molecule has 0 N–H and O–H groups in total. The summed E-state index contributed by atoms with van der Waals surface area (Å²) in [6.45, 7) is 4.73. The van der Waals surface area contributed by atoms with Crippen LogP contribution in [0, 0.1) is 17.4 Å². The van der Waals surface area contributed by atoms with E-state index in [0.29, 0.717) is 12.1 Å². The van der Waals surface area contributed by atoms with E-state index in [9.17, 15) is 4.79 Å². The molecule has 3 heteroatoms. The Hall–Kier alpha value is -2.14. The van der Waals surface area contributed by atoms with E-state index in [1.54, 1.807) is 0 Å². The Balaban J connectivity index is 2.06. The molecule has 0 radical (unpaired) electrons. The molecule has 0 unspecified atom stereocenters. The topological polar surface area (TPSA) is 20.3 Å². The van der Waals surface area contributed by atoms with Gasteiger partial charge >= 0.3 is 0 Å². The van der Waals surface area contributed by atoms with Crippen LogP contribution in [0.15, 0.2) is 72.8 Å². The van der Waals surface area contributed by atoms with Crippen molar-refractivity contribution in [2.45, 2.75) is 20.4 Å². The Morgan fingerprint density at radius 3 is 2.08 bits per heavy atom. The van der Waals surface area contributed by atoms with Gasteiger partial charge in [-0.3, -0.25) is 4.79 Å². The third-order valence-corrected chi connectivity index (χ3v) is 5.17. The van der Waals surface area contributed by atoms with Crippen molar-refractivity contribution >= 4 is 34.2 Å². The van der Waals surface area contributed by atoms with Crippen molar-refractivity contribution in [2.75, 3.05) is 4.90 Å². The highest BCUT2D eigenvalue weighted by molar-refractivity contribution is 14.1. The van der Waals surface area contributed by atoms with Crippen molar-refractivity contribution in [1.82, 2.24) is 0 Å². The van der Waals surface area contributed by atoms with Crippen LogP contribution in [0.25, 0.3) is 0 Å². The Labute approximate surface area is 162 Å². The van der Waals surface area contributed by atoms with E-state index in [1.807, 2.05) is 53.4 Å². The maximum absolute atomic E-state index is 13.2. The van der Waals surface area contributed by atoms with Crippen LogP contribution in [-0.4, -0.2) is 5.91 Å². The number of nitrogens with zero attached hydrogens (tertiary/aromatic N) is 1. The molecule has 0 aliphatic rings. The van der Waals surface area contributed by atoms with E-state index in [0.717, 1.165) is 14.8 Å². The van der Waals surface area contributed by atoms with Crippen LogP contribution in [0.5, 0.6) is 0 Å². The zero-order valence-corrected chi connectivity index (χ0v) is 16.5. The van der Waals surface area contributed by atoms with Crippen molar-refractivity contribution < 1.29 is 4.79 Å². The lowest BCUT2D eigenvalue weighted by molar-refractivity contribution is 0.0985. The predicted molar refractivity (Wildman–Crippen MR) is 112 cm³/mol. The number of carbonyl (C=O) groups is 1. The van der Waals surface area contributed by atoms with E-state index < -0.39 is 0 Å². The second-order valence-corrected chi connectivity index (χ2v) is 7.29. The van der Waals surface area contributed by atoms with Crippen LogP contribution >= 0.6 is 22.6 Å². The number of benzene rings is 3. The van der Waals surface area contributed by atoms with Gasteiger partial charge in [-0.15, -0.1) is 0 Å². The molecule has 3 aromatic rings. The summed E-state index contributed by atoms with van der Waals surface area (Å²) in [5, 5.41) is 0. The summed E-state index contributed by atoms with van der Waals surface area (Å²) in [5.74, 6) is 0.0191. The molecule has 0 spiro atoms. The highest BCUT2D eigenvalue weighted by atomic mass is 127. The minimum Gasteiger partial charge on any atom is -0.303 e. The summed E-state index contributed by atoms with van der Waals surface area (Å²) in [6.07, 6.45) is 0. The maximum Gasteiger partial charge on any atom is 0.258 e. The third-order valence-electron chi connectivity index (χ3n) is 4.30. The SMILES string of the molecule is Cc1cc(I)c(N(Cc2ccccc2)C(=O)c2ccccc2)cc1C. The van der Waals surface area contributed by atoms with Gasteiger partial charge in [0.05, 0.1) is 12.2 Å². The molecule has 0 fully saturated rings. The predicted octanol–water partition coefficient (Wildman–Crippen LogP) is 5.76. The monoisotopic (exact) mass is 441 g/mol. The molecule has 0 aliphatic carbocycles. The number of carbonyl (C=O) groups excluding carboxylic acids is 1. The molecule has 0 bridgehead atoms. The Morgan fingerprint density at radius 1 is 0.880 bits per heavy atom. The van der Waals surface area contributed by atoms with Gasteiger partial charge in [0.1, 0.15) is 0 Å². The lowest BCUT2D eigenvalue weighted by Crippen LogP contribution is -2.31. The molecule has 0 saturated heterocycles. The number of aryl methyl sites for hydroxylation is 2. The van der Waals surface area contributed by atoms with Gasteiger partial charge in [-0.05, 0) is 77.4 Å². The van der Waals surface area contributed by atoms with Crippen LogP contribution in [0.3, 0.4) is 0 Å². The second-order valence-electron chi connectivity index (χ2n) is 6.13. The molecule has 0 atom stereocenters. The van der Waals surface area contributed by atoms with Crippen LogP contribution < -0.4 is 4.90 Å². The Bertz CT molecular complexity index is 875. The molecule has 0 heterocycles. The zero-order chi connectivity index (χ0) is 17.8. The van der Waals surface area contributed by atoms with E-state index >= 15 is 0 Å². The number of rotatable bonds is 4. The van der Waals surface area contributed by atoms with Crippen molar-refractivity contribution in [3.63, 3.8) is 0 Å². The fourth-order valence-corrected chi connectivity index (χ4v) is 3.66. The average Bonchev–Trinajstić information content (AvgIpc) is 2.64. The first-order valence-corrected chi connectivity index (χ1v) is 9.31. The summed E-state index contributed by atoms with van der Waals surface area (Å²) in [6, 6.07) is 23.8. The maximum atomic E-state index is 13.2. The molecular weight excluding hydrogens is 421 g/mol. The van der Waals surface area contributed by atoms with Crippen molar-refractivity contribution in [2.24, 2.45) is 0 Å². The highest BCUT2D eigenvalue weighted by Crippen LogP contribution is 2.29. The van der Waals surface area contributed by atoms with Gasteiger partial charge < -0.3 is 4.90 Å². The van der Waals surface area contributed by atoms with E-state index in [2.05, 4.69) is 60.7 Å². The summed E-state index contributed by atoms with van der Waals surface area (Å²) < 4.78 is 1.08. The lowest BCUT2D eigenvalue weighted by atomic mass is 10.1. The molecule has 126 valence electrons. The van der Waals surface area contributed by atoms with Crippen LogP contribution in [-0.2, 0) is 6.54 Å². The molecule has 25 heavy (non-hydrogen) atoms. The molecule has 3 rings (SSSR count). The van der Waals surface area contributed by atoms with Crippen LogP contribution in [0.1, 0.15) is 27.0 Å². The number of halogens is 1. The molecule has 3 aromatic carbocycles. The number of hydrogen-bond acceptors (Lipinski definition) is 1. The fourth-order valence-electron chi connectivity index (χ4n) is 2.74. The van der Waals surface area contributed by atoms with Gasteiger partial charge in [-0.1, -0.05) is 48.5 Å². The molecule has 1 amide bonds. The first-order valence-electron chi connectivity index (χ1n) is 8.24. The summed E-state index contributed by atoms with van der Waals surface area (Å²) in [4.78, 5) is 15.1. The van der Waals surface area contributed by atoms with E-state index in [4.69, 9.17) is 0 Å². The van der Waals surface area contributed by atoms with Crippen molar-refractivity contribution in [1.29, 1.82) is 0 Å². The average molecular weight is 441 g/mol. The minimum atomic E-state index is 0.0191. The normalized spacial score (nSPS) is 10.5. The first kappa shape index (κ1) is 17.7. The molecule has 0 aromatic heterocycles. The van der Waals surface area contributed by atoms with Gasteiger partial charge in [-0.2, -0.15) is 0 Å². The molecule has 0 aliphatic heterocycles. The van der Waals surface area contributed by atoms with Crippen molar-refractivity contribution in [3.8, 4) is 0 Å². The minimum absolute atomic E-state index is 0.0191. The van der Waals surface area contributed by atoms with Gasteiger partial charge in [0, 0.05) is 9.13 Å². The smallest absolute Gasteiger partial charge is 0.258 e. The number of anilines is 1. The van der Waals surface area contributed by atoms with Crippen LogP contribution in [0.4, 0.5) is 5.69 Å².